The summed E-state index contributed by atoms with van der Waals surface area (Å²) in [5.41, 5.74) is 3.49. The van der Waals surface area contributed by atoms with Crippen LogP contribution in [0.15, 0.2) is 42.5 Å². The van der Waals surface area contributed by atoms with Crippen LogP contribution >= 0.6 is 23.2 Å². The van der Waals surface area contributed by atoms with Gasteiger partial charge in [-0.25, -0.2) is 0 Å². The SMILES string of the molecule is Cc1ccc(-c2ccc(Cl)c(Cl)c2)cc1. The molecule has 0 unspecified atom stereocenters. The lowest BCUT2D eigenvalue weighted by Crippen LogP contribution is -1.79. The van der Waals surface area contributed by atoms with Crippen LogP contribution in [-0.4, -0.2) is 0 Å². The van der Waals surface area contributed by atoms with E-state index in [-0.39, 0.29) is 0 Å². The smallest absolute Gasteiger partial charge is 0.0598 e. The summed E-state index contributed by atoms with van der Waals surface area (Å²) in [6.45, 7) is 2.07. The summed E-state index contributed by atoms with van der Waals surface area (Å²) in [6.07, 6.45) is 0. The number of hydrogen-bond donors (Lipinski definition) is 0. The van der Waals surface area contributed by atoms with E-state index in [0.717, 1.165) is 11.1 Å². The Labute approximate surface area is 99.5 Å². The second-order valence-corrected chi connectivity index (χ2v) is 4.31. The first-order valence-corrected chi connectivity index (χ1v) is 5.44. The minimum Gasteiger partial charge on any atom is -0.0827 e. The minimum atomic E-state index is 0.590. The highest BCUT2D eigenvalue weighted by molar-refractivity contribution is 6.42. The van der Waals surface area contributed by atoms with Crippen molar-refractivity contribution in [3.8, 4) is 11.1 Å². The Bertz CT molecular complexity index is 472. The Balaban J connectivity index is 2.45. The fourth-order valence-corrected chi connectivity index (χ4v) is 1.72. The number of benzene rings is 2. The number of rotatable bonds is 1. The molecule has 0 aliphatic rings. The van der Waals surface area contributed by atoms with Gasteiger partial charge in [-0.3, -0.25) is 0 Å². The normalized spacial score (nSPS) is 10.3. The Kier molecular flexibility index (Phi) is 2.99. The van der Waals surface area contributed by atoms with Crippen LogP contribution in [0.5, 0.6) is 0 Å². The van der Waals surface area contributed by atoms with Crippen LogP contribution in [0.1, 0.15) is 5.56 Å². The topological polar surface area (TPSA) is 0 Å². The third-order valence-electron chi connectivity index (χ3n) is 2.30. The Morgan fingerprint density at radius 3 is 1.93 bits per heavy atom. The lowest BCUT2D eigenvalue weighted by Gasteiger charge is -2.03. The molecule has 0 aromatic heterocycles. The van der Waals surface area contributed by atoms with Crippen LogP contribution in [0.25, 0.3) is 11.1 Å². The molecule has 0 radical (unpaired) electrons. The highest BCUT2D eigenvalue weighted by Gasteiger charge is 2.01. The van der Waals surface area contributed by atoms with Gasteiger partial charge in [-0.15, -0.1) is 0 Å². The second kappa shape index (κ2) is 4.26. The predicted molar refractivity (Wildman–Crippen MR) is 66.6 cm³/mol. The highest BCUT2D eigenvalue weighted by Crippen LogP contribution is 2.28. The maximum Gasteiger partial charge on any atom is 0.0598 e. The lowest BCUT2D eigenvalue weighted by molar-refractivity contribution is 1.47. The molecule has 0 aliphatic carbocycles. The van der Waals surface area contributed by atoms with Crippen LogP contribution in [0.3, 0.4) is 0 Å². The summed E-state index contributed by atoms with van der Waals surface area (Å²) in [4.78, 5) is 0. The van der Waals surface area contributed by atoms with Crippen molar-refractivity contribution in [3.63, 3.8) is 0 Å². The summed E-state index contributed by atoms with van der Waals surface area (Å²) in [6, 6.07) is 14.0. The second-order valence-electron chi connectivity index (χ2n) is 3.49. The first kappa shape index (κ1) is 10.5. The standard InChI is InChI=1S/C13H10Cl2/c1-9-2-4-10(5-3-9)11-6-7-12(14)13(15)8-11/h2-8H,1H3. The fraction of sp³-hybridized carbons (Fsp3) is 0.0769. The third kappa shape index (κ3) is 2.34. The van der Waals surface area contributed by atoms with Crippen molar-refractivity contribution >= 4 is 23.2 Å². The zero-order chi connectivity index (χ0) is 10.8. The molecule has 0 heterocycles. The first-order valence-electron chi connectivity index (χ1n) is 4.69. The van der Waals surface area contributed by atoms with E-state index in [2.05, 4.69) is 31.2 Å². The summed E-state index contributed by atoms with van der Waals surface area (Å²) in [5.74, 6) is 0. The molecule has 2 aromatic carbocycles. The van der Waals surface area contributed by atoms with Crippen molar-refractivity contribution in [1.29, 1.82) is 0 Å². The van der Waals surface area contributed by atoms with Gasteiger partial charge in [0.15, 0.2) is 0 Å². The Morgan fingerprint density at radius 2 is 1.33 bits per heavy atom. The summed E-state index contributed by atoms with van der Waals surface area (Å²) in [5, 5.41) is 1.18. The van der Waals surface area contributed by atoms with Crippen LogP contribution < -0.4 is 0 Å². The zero-order valence-electron chi connectivity index (χ0n) is 8.30. The molecular weight excluding hydrogens is 227 g/mol. The van der Waals surface area contributed by atoms with Gasteiger partial charge < -0.3 is 0 Å². The summed E-state index contributed by atoms with van der Waals surface area (Å²) in [7, 11) is 0. The average molecular weight is 237 g/mol. The molecule has 2 aromatic rings. The zero-order valence-corrected chi connectivity index (χ0v) is 9.81. The molecule has 0 nitrogen and oxygen atoms in total. The van der Waals surface area contributed by atoms with E-state index >= 15 is 0 Å². The molecular formula is C13H10Cl2. The van der Waals surface area contributed by atoms with Crippen LogP contribution in [-0.2, 0) is 0 Å². The van der Waals surface area contributed by atoms with Crippen molar-refractivity contribution in [2.24, 2.45) is 0 Å². The molecule has 15 heavy (non-hydrogen) atoms. The van der Waals surface area contributed by atoms with Crippen LogP contribution in [0, 0.1) is 6.92 Å². The molecule has 0 amide bonds. The largest absolute Gasteiger partial charge is 0.0827 e. The van der Waals surface area contributed by atoms with Gasteiger partial charge >= 0.3 is 0 Å². The molecule has 0 atom stereocenters. The van der Waals surface area contributed by atoms with E-state index in [9.17, 15) is 0 Å². The van der Waals surface area contributed by atoms with Crippen LogP contribution in [0.2, 0.25) is 10.0 Å². The quantitative estimate of drug-likeness (QED) is 0.656. The van der Waals surface area contributed by atoms with Gasteiger partial charge in [0.2, 0.25) is 0 Å². The Hall–Kier alpha value is -0.980. The molecule has 2 rings (SSSR count). The molecule has 2 heteroatoms. The van der Waals surface area contributed by atoms with Crippen molar-refractivity contribution in [3.05, 3.63) is 58.1 Å². The van der Waals surface area contributed by atoms with Gasteiger partial charge in [0, 0.05) is 0 Å². The number of aryl methyl sites for hydroxylation is 1. The van der Waals surface area contributed by atoms with Gasteiger partial charge in [-0.1, -0.05) is 59.1 Å². The molecule has 0 saturated carbocycles. The first-order chi connectivity index (χ1) is 7.16. The molecule has 0 aliphatic heterocycles. The van der Waals surface area contributed by atoms with Crippen molar-refractivity contribution in [2.75, 3.05) is 0 Å². The van der Waals surface area contributed by atoms with E-state index in [1.54, 1.807) is 0 Å². The minimum absolute atomic E-state index is 0.590. The van der Waals surface area contributed by atoms with Crippen molar-refractivity contribution in [2.45, 2.75) is 6.92 Å². The van der Waals surface area contributed by atoms with Gasteiger partial charge in [0.05, 0.1) is 10.0 Å². The van der Waals surface area contributed by atoms with Gasteiger partial charge in [-0.05, 0) is 30.2 Å². The highest BCUT2D eigenvalue weighted by atomic mass is 35.5. The van der Waals surface area contributed by atoms with Gasteiger partial charge in [0.1, 0.15) is 0 Å². The molecule has 0 fully saturated rings. The van der Waals surface area contributed by atoms with Crippen molar-refractivity contribution < 1.29 is 0 Å². The van der Waals surface area contributed by atoms with E-state index in [1.807, 2.05) is 18.2 Å². The Morgan fingerprint density at radius 1 is 0.733 bits per heavy atom. The van der Waals surface area contributed by atoms with Gasteiger partial charge in [-0.2, -0.15) is 0 Å². The van der Waals surface area contributed by atoms with E-state index in [0.29, 0.717) is 10.0 Å². The van der Waals surface area contributed by atoms with Gasteiger partial charge in [0.25, 0.3) is 0 Å². The molecule has 0 N–H and O–H groups in total. The van der Waals surface area contributed by atoms with Crippen LogP contribution in [0.4, 0.5) is 0 Å². The van der Waals surface area contributed by atoms with Crippen molar-refractivity contribution in [1.82, 2.24) is 0 Å². The van der Waals surface area contributed by atoms with E-state index in [1.165, 1.54) is 5.56 Å². The maximum atomic E-state index is 5.96. The average Bonchev–Trinajstić information content (AvgIpc) is 2.23. The maximum absolute atomic E-state index is 5.96. The summed E-state index contributed by atoms with van der Waals surface area (Å²) < 4.78 is 0. The van der Waals surface area contributed by atoms with E-state index < -0.39 is 0 Å². The molecule has 0 bridgehead atoms. The molecule has 0 spiro atoms. The molecule has 0 saturated heterocycles. The van der Waals surface area contributed by atoms with E-state index in [4.69, 9.17) is 23.2 Å². The fourth-order valence-electron chi connectivity index (χ4n) is 1.42. The third-order valence-corrected chi connectivity index (χ3v) is 3.04. The molecule has 76 valence electrons. The lowest BCUT2D eigenvalue weighted by atomic mass is 10.0. The monoisotopic (exact) mass is 236 g/mol. The predicted octanol–water partition coefficient (Wildman–Crippen LogP) is 4.97. The number of hydrogen-bond acceptors (Lipinski definition) is 0. The summed E-state index contributed by atoms with van der Waals surface area (Å²) >= 11 is 11.8. The number of halogens is 2.